The standard InChI is InChI=1S/C16H13Br3Cl2/c17-9-16(10-18,12-2-1-3-13(19)7-12)8-11-4-5-14(20)15(21)6-11/h1-7H,8-10H2. The van der Waals surface area contributed by atoms with Crippen molar-refractivity contribution < 1.29 is 0 Å². The quantitative estimate of drug-likeness (QED) is 0.375. The number of halogens is 5. The molecule has 112 valence electrons. The molecule has 0 spiro atoms. The molecule has 0 aliphatic carbocycles. The molecule has 21 heavy (non-hydrogen) atoms. The van der Waals surface area contributed by atoms with E-state index in [4.69, 9.17) is 23.2 Å². The number of benzene rings is 2. The highest BCUT2D eigenvalue weighted by Gasteiger charge is 2.30. The van der Waals surface area contributed by atoms with Gasteiger partial charge in [-0.25, -0.2) is 0 Å². The van der Waals surface area contributed by atoms with Crippen molar-refractivity contribution in [3.63, 3.8) is 0 Å². The predicted octanol–water partition coefficient (Wildman–Crippen LogP) is 7.03. The number of rotatable bonds is 5. The monoisotopic (exact) mass is 512 g/mol. The minimum Gasteiger partial charge on any atom is -0.0918 e. The van der Waals surface area contributed by atoms with Crippen LogP contribution in [0.3, 0.4) is 0 Å². The largest absolute Gasteiger partial charge is 0.0918 e. The molecular formula is C16H13Br3Cl2. The van der Waals surface area contributed by atoms with E-state index in [1.54, 1.807) is 0 Å². The maximum atomic E-state index is 6.14. The Morgan fingerprint density at radius 1 is 0.905 bits per heavy atom. The summed E-state index contributed by atoms with van der Waals surface area (Å²) >= 11 is 23.0. The Balaban J connectivity index is 2.40. The zero-order valence-corrected chi connectivity index (χ0v) is 17.3. The van der Waals surface area contributed by atoms with Gasteiger partial charge in [-0.2, -0.15) is 0 Å². The van der Waals surface area contributed by atoms with Crippen molar-refractivity contribution in [3.8, 4) is 0 Å². The van der Waals surface area contributed by atoms with Gasteiger partial charge in [-0.05, 0) is 41.8 Å². The van der Waals surface area contributed by atoms with Crippen LogP contribution in [0.25, 0.3) is 0 Å². The van der Waals surface area contributed by atoms with Crippen LogP contribution >= 0.6 is 71.0 Å². The summed E-state index contributed by atoms with van der Waals surface area (Å²) in [4.78, 5) is 0. The molecule has 0 saturated carbocycles. The van der Waals surface area contributed by atoms with Crippen LogP contribution in [0.1, 0.15) is 11.1 Å². The Hall–Kier alpha value is 0.460. The number of alkyl halides is 2. The first kappa shape index (κ1) is 17.8. The highest BCUT2D eigenvalue weighted by atomic mass is 79.9. The molecule has 0 unspecified atom stereocenters. The lowest BCUT2D eigenvalue weighted by molar-refractivity contribution is 0.551. The van der Waals surface area contributed by atoms with E-state index in [9.17, 15) is 0 Å². The third kappa shape index (κ3) is 4.26. The van der Waals surface area contributed by atoms with Crippen molar-refractivity contribution in [2.45, 2.75) is 11.8 Å². The van der Waals surface area contributed by atoms with Crippen LogP contribution in [0.5, 0.6) is 0 Å². The van der Waals surface area contributed by atoms with Crippen LogP contribution in [0.15, 0.2) is 46.9 Å². The molecule has 2 aromatic carbocycles. The highest BCUT2D eigenvalue weighted by molar-refractivity contribution is 9.10. The Labute approximate surface area is 160 Å². The Morgan fingerprint density at radius 2 is 1.62 bits per heavy atom. The molecule has 2 aromatic rings. The van der Waals surface area contributed by atoms with Crippen molar-refractivity contribution >= 4 is 71.0 Å². The zero-order chi connectivity index (χ0) is 15.5. The summed E-state index contributed by atoms with van der Waals surface area (Å²) in [6.07, 6.45) is 0.872. The number of hydrogen-bond donors (Lipinski definition) is 0. The summed E-state index contributed by atoms with van der Waals surface area (Å²) in [6.45, 7) is 0. The molecule has 2 rings (SSSR count). The van der Waals surface area contributed by atoms with E-state index in [-0.39, 0.29) is 5.41 Å². The molecule has 0 amide bonds. The lowest BCUT2D eigenvalue weighted by Gasteiger charge is -2.31. The van der Waals surface area contributed by atoms with Gasteiger partial charge >= 0.3 is 0 Å². The van der Waals surface area contributed by atoms with Crippen LogP contribution in [-0.2, 0) is 11.8 Å². The maximum Gasteiger partial charge on any atom is 0.0595 e. The van der Waals surface area contributed by atoms with Gasteiger partial charge in [-0.1, -0.05) is 89.2 Å². The third-order valence-corrected chi connectivity index (χ3v) is 6.85. The second-order valence-electron chi connectivity index (χ2n) is 4.98. The molecular weight excluding hydrogens is 503 g/mol. The van der Waals surface area contributed by atoms with E-state index >= 15 is 0 Å². The molecule has 0 aromatic heterocycles. The molecule has 0 aliphatic heterocycles. The van der Waals surface area contributed by atoms with E-state index < -0.39 is 0 Å². The van der Waals surface area contributed by atoms with Gasteiger partial charge in [0.2, 0.25) is 0 Å². The van der Waals surface area contributed by atoms with Crippen molar-refractivity contribution in [2.75, 3.05) is 10.7 Å². The van der Waals surface area contributed by atoms with Gasteiger partial charge in [0.05, 0.1) is 10.0 Å². The van der Waals surface area contributed by atoms with Crippen LogP contribution in [-0.4, -0.2) is 10.7 Å². The Bertz CT molecular complexity index is 625. The van der Waals surface area contributed by atoms with Gasteiger partial charge < -0.3 is 0 Å². The molecule has 0 bridgehead atoms. The third-order valence-electron chi connectivity index (χ3n) is 3.48. The topological polar surface area (TPSA) is 0 Å². The fraction of sp³-hybridized carbons (Fsp3) is 0.250. The average Bonchev–Trinajstić information content (AvgIpc) is 2.48. The Morgan fingerprint density at radius 3 is 2.19 bits per heavy atom. The van der Waals surface area contributed by atoms with Gasteiger partial charge in [0, 0.05) is 20.5 Å². The molecule has 0 N–H and O–H groups in total. The molecule has 0 heterocycles. The van der Waals surface area contributed by atoms with Gasteiger partial charge in [0.15, 0.2) is 0 Å². The highest BCUT2D eigenvalue weighted by Crippen LogP contribution is 2.35. The smallest absolute Gasteiger partial charge is 0.0595 e. The first-order chi connectivity index (χ1) is 10.0. The van der Waals surface area contributed by atoms with E-state index in [0.29, 0.717) is 10.0 Å². The molecule has 0 nitrogen and oxygen atoms in total. The predicted molar refractivity (Wildman–Crippen MR) is 104 cm³/mol. The lowest BCUT2D eigenvalue weighted by atomic mass is 9.79. The van der Waals surface area contributed by atoms with Crippen molar-refractivity contribution in [3.05, 3.63) is 68.1 Å². The molecule has 5 heteroatoms. The van der Waals surface area contributed by atoms with Gasteiger partial charge in [0.25, 0.3) is 0 Å². The molecule has 0 aliphatic rings. The maximum absolute atomic E-state index is 6.14. The molecule has 0 fully saturated rings. The fourth-order valence-electron chi connectivity index (χ4n) is 2.25. The van der Waals surface area contributed by atoms with E-state index in [2.05, 4.69) is 66.0 Å². The van der Waals surface area contributed by atoms with Crippen molar-refractivity contribution in [1.29, 1.82) is 0 Å². The molecule has 0 atom stereocenters. The summed E-state index contributed by atoms with van der Waals surface area (Å²) in [6, 6.07) is 14.3. The molecule has 0 saturated heterocycles. The summed E-state index contributed by atoms with van der Waals surface area (Å²) in [5, 5.41) is 2.89. The van der Waals surface area contributed by atoms with Gasteiger partial charge in [-0.3, -0.25) is 0 Å². The van der Waals surface area contributed by atoms with Crippen LogP contribution in [0.2, 0.25) is 10.0 Å². The van der Waals surface area contributed by atoms with Crippen LogP contribution in [0, 0.1) is 0 Å². The first-order valence-electron chi connectivity index (χ1n) is 6.33. The summed E-state index contributed by atoms with van der Waals surface area (Å²) in [5.74, 6) is 0. The normalized spacial score (nSPS) is 11.7. The fourth-order valence-corrected chi connectivity index (χ4v) is 4.94. The second-order valence-corrected chi connectivity index (χ2v) is 7.83. The summed E-state index contributed by atoms with van der Waals surface area (Å²) < 4.78 is 1.08. The first-order valence-corrected chi connectivity index (χ1v) is 10.1. The number of hydrogen-bond acceptors (Lipinski definition) is 0. The molecule has 0 radical (unpaired) electrons. The lowest BCUT2D eigenvalue weighted by Crippen LogP contribution is -2.33. The minimum atomic E-state index is -0.0407. The Kier molecular flexibility index (Phi) is 6.64. The SMILES string of the molecule is Clc1ccc(CC(CBr)(CBr)c2cccc(Br)c2)cc1Cl. The zero-order valence-electron chi connectivity index (χ0n) is 11.1. The van der Waals surface area contributed by atoms with Crippen molar-refractivity contribution in [2.24, 2.45) is 0 Å². The van der Waals surface area contributed by atoms with Crippen LogP contribution < -0.4 is 0 Å². The van der Waals surface area contributed by atoms with Gasteiger partial charge in [-0.15, -0.1) is 0 Å². The average molecular weight is 516 g/mol. The minimum absolute atomic E-state index is 0.0407. The van der Waals surface area contributed by atoms with E-state index in [1.165, 1.54) is 11.1 Å². The summed E-state index contributed by atoms with van der Waals surface area (Å²) in [7, 11) is 0. The summed E-state index contributed by atoms with van der Waals surface area (Å²) in [5.41, 5.74) is 2.40. The van der Waals surface area contributed by atoms with E-state index in [0.717, 1.165) is 21.6 Å². The van der Waals surface area contributed by atoms with E-state index in [1.807, 2.05) is 24.3 Å². The van der Waals surface area contributed by atoms with Crippen LogP contribution in [0.4, 0.5) is 0 Å². The second kappa shape index (κ2) is 7.83. The van der Waals surface area contributed by atoms with Gasteiger partial charge in [0.1, 0.15) is 0 Å². The van der Waals surface area contributed by atoms with Crippen molar-refractivity contribution in [1.82, 2.24) is 0 Å².